The second kappa shape index (κ2) is 9.11. The highest BCUT2D eigenvalue weighted by molar-refractivity contribution is 5.97. The molecule has 2 rings (SSSR count). The highest BCUT2D eigenvalue weighted by atomic mass is 16.5. The zero-order valence-electron chi connectivity index (χ0n) is 14.4. The molecule has 5 nitrogen and oxygen atoms in total. The van der Waals surface area contributed by atoms with Crippen molar-refractivity contribution in [2.75, 3.05) is 13.7 Å². The van der Waals surface area contributed by atoms with Crippen LogP contribution in [0.15, 0.2) is 30.5 Å². The van der Waals surface area contributed by atoms with Crippen LogP contribution in [-0.4, -0.2) is 30.3 Å². The molecule has 0 aliphatic heterocycles. The molecule has 0 amide bonds. The lowest BCUT2D eigenvalue weighted by Gasteiger charge is -2.06. The van der Waals surface area contributed by atoms with Crippen molar-refractivity contribution in [3.05, 3.63) is 36.0 Å². The summed E-state index contributed by atoms with van der Waals surface area (Å²) in [5.74, 6) is -0.358. The Bertz CT molecular complexity index is 690. The zero-order valence-corrected chi connectivity index (χ0v) is 14.4. The number of methoxy groups -OCH3 is 1. The smallest absolute Gasteiger partial charge is 0.418 e. The van der Waals surface area contributed by atoms with E-state index in [1.165, 1.54) is 37.4 Å². The normalized spacial score (nSPS) is 10.8. The first-order chi connectivity index (χ1) is 11.7. The van der Waals surface area contributed by atoms with Gasteiger partial charge < -0.3 is 9.47 Å². The number of carbonyl (C=O) groups excluding carboxylic acids is 2. The predicted molar refractivity (Wildman–Crippen MR) is 93.4 cm³/mol. The fourth-order valence-electron chi connectivity index (χ4n) is 2.64. The van der Waals surface area contributed by atoms with Gasteiger partial charge in [0.05, 0.1) is 24.8 Å². The molecule has 0 aliphatic carbocycles. The van der Waals surface area contributed by atoms with E-state index in [4.69, 9.17) is 9.47 Å². The Hall–Kier alpha value is -2.30. The third kappa shape index (κ3) is 4.60. The minimum Gasteiger partial charge on any atom is -0.462 e. The fraction of sp³-hybridized carbons (Fsp3) is 0.474. The number of hydrogen-bond acceptors (Lipinski definition) is 4. The van der Waals surface area contributed by atoms with Crippen molar-refractivity contribution in [3.63, 3.8) is 0 Å². The summed E-state index contributed by atoms with van der Waals surface area (Å²) < 4.78 is 11.4. The Morgan fingerprint density at radius 3 is 2.54 bits per heavy atom. The molecule has 1 heterocycles. The van der Waals surface area contributed by atoms with Crippen LogP contribution in [0.3, 0.4) is 0 Å². The van der Waals surface area contributed by atoms with E-state index in [0.29, 0.717) is 17.7 Å². The van der Waals surface area contributed by atoms with Crippen LogP contribution >= 0.6 is 0 Å². The minimum absolute atomic E-state index is 0.358. The first-order valence-electron chi connectivity index (χ1n) is 8.54. The zero-order chi connectivity index (χ0) is 17.4. The minimum atomic E-state index is -0.484. The molecule has 0 N–H and O–H groups in total. The van der Waals surface area contributed by atoms with Crippen LogP contribution < -0.4 is 0 Å². The van der Waals surface area contributed by atoms with Gasteiger partial charge in [0.2, 0.25) is 0 Å². The molecule has 0 atom stereocenters. The van der Waals surface area contributed by atoms with Crippen LogP contribution in [0.5, 0.6) is 0 Å². The molecule has 0 saturated heterocycles. The van der Waals surface area contributed by atoms with E-state index < -0.39 is 6.09 Å². The lowest BCUT2D eigenvalue weighted by atomic mass is 10.1. The van der Waals surface area contributed by atoms with Crippen molar-refractivity contribution >= 4 is 23.0 Å². The fourth-order valence-corrected chi connectivity index (χ4v) is 2.64. The van der Waals surface area contributed by atoms with Crippen molar-refractivity contribution in [3.8, 4) is 0 Å². The van der Waals surface area contributed by atoms with Crippen molar-refractivity contribution in [2.45, 2.75) is 45.4 Å². The van der Waals surface area contributed by atoms with E-state index in [0.717, 1.165) is 18.2 Å². The third-order valence-electron chi connectivity index (χ3n) is 4.03. The van der Waals surface area contributed by atoms with Crippen LogP contribution in [0.4, 0.5) is 4.79 Å². The van der Waals surface area contributed by atoms with Gasteiger partial charge in [-0.2, -0.15) is 0 Å². The van der Waals surface area contributed by atoms with Gasteiger partial charge in [-0.1, -0.05) is 45.1 Å². The number of carbonyl (C=O) groups is 2. The highest BCUT2D eigenvalue weighted by Gasteiger charge is 2.13. The van der Waals surface area contributed by atoms with Crippen molar-refractivity contribution in [2.24, 2.45) is 0 Å². The molecule has 0 unspecified atom stereocenters. The number of ether oxygens (including phenoxy) is 2. The van der Waals surface area contributed by atoms with Crippen LogP contribution in [0, 0.1) is 0 Å². The molecule has 0 fully saturated rings. The number of esters is 1. The van der Waals surface area contributed by atoms with Gasteiger partial charge in [0.25, 0.3) is 0 Å². The average molecular weight is 331 g/mol. The van der Waals surface area contributed by atoms with E-state index in [9.17, 15) is 9.59 Å². The molecule has 0 saturated carbocycles. The number of fused-ring (bicyclic) bond motifs is 1. The van der Waals surface area contributed by atoms with Gasteiger partial charge in [0.1, 0.15) is 0 Å². The summed E-state index contributed by atoms with van der Waals surface area (Å²) in [6.45, 7) is 2.62. The Balaban J connectivity index is 1.91. The molecular weight excluding hydrogens is 306 g/mol. The quantitative estimate of drug-likeness (QED) is 0.516. The number of aromatic nitrogens is 1. The van der Waals surface area contributed by atoms with Crippen LogP contribution in [0.25, 0.3) is 10.9 Å². The second-order valence-corrected chi connectivity index (χ2v) is 5.83. The number of benzene rings is 1. The molecule has 0 bridgehead atoms. The Labute approximate surface area is 142 Å². The van der Waals surface area contributed by atoms with Gasteiger partial charge in [-0.15, -0.1) is 0 Å². The first kappa shape index (κ1) is 18.0. The van der Waals surface area contributed by atoms with Gasteiger partial charge in [-0.05, 0) is 24.6 Å². The van der Waals surface area contributed by atoms with E-state index in [2.05, 4.69) is 6.92 Å². The summed E-state index contributed by atoms with van der Waals surface area (Å²) in [5, 5.41) is 0.868. The summed E-state index contributed by atoms with van der Waals surface area (Å²) >= 11 is 0. The summed E-state index contributed by atoms with van der Waals surface area (Å²) in [7, 11) is 1.33. The van der Waals surface area contributed by atoms with Gasteiger partial charge in [0.15, 0.2) is 0 Å². The van der Waals surface area contributed by atoms with Gasteiger partial charge >= 0.3 is 12.1 Å². The Morgan fingerprint density at radius 2 is 1.79 bits per heavy atom. The summed E-state index contributed by atoms with van der Waals surface area (Å²) in [4.78, 5) is 23.9. The SMILES string of the molecule is CCCCCCCCOC(=O)c1ccc2ccn(C(=O)OC)c2c1. The number of nitrogens with zero attached hydrogens (tertiary/aromatic N) is 1. The lowest BCUT2D eigenvalue weighted by molar-refractivity contribution is 0.0497. The summed E-state index contributed by atoms with van der Waals surface area (Å²) in [6.07, 6.45) is 8.03. The van der Waals surface area contributed by atoms with E-state index >= 15 is 0 Å². The molecule has 24 heavy (non-hydrogen) atoms. The maximum Gasteiger partial charge on any atom is 0.418 e. The predicted octanol–water partition coefficient (Wildman–Crippen LogP) is 4.77. The highest BCUT2D eigenvalue weighted by Crippen LogP contribution is 2.19. The standard InChI is InChI=1S/C19H25NO4/c1-3-4-5-6-7-8-13-24-18(21)16-10-9-15-11-12-20(17(15)14-16)19(22)23-2/h9-12,14H,3-8,13H2,1-2H3. The van der Waals surface area contributed by atoms with Gasteiger partial charge in [-0.25, -0.2) is 9.59 Å². The molecule has 1 aromatic carbocycles. The Morgan fingerprint density at radius 1 is 1.04 bits per heavy atom. The third-order valence-corrected chi connectivity index (χ3v) is 4.03. The van der Waals surface area contributed by atoms with E-state index in [1.807, 2.05) is 0 Å². The number of hydrogen-bond donors (Lipinski definition) is 0. The van der Waals surface area contributed by atoms with Crippen LogP contribution in [0.2, 0.25) is 0 Å². The number of rotatable bonds is 8. The molecule has 0 aliphatic rings. The monoisotopic (exact) mass is 331 g/mol. The summed E-state index contributed by atoms with van der Waals surface area (Å²) in [6, 6.07) is 6.98. The topological polar surface area (TPSA) is 57.5 Å². The molecule has 5 heteroatoms. The average Bonchev–Trinajstić information content (AvgIpc) is 3.03. The maximum atomic E-state index is 12.1. The van der Waals surface area contributed by atoms with Crippen LogP contribution in [-0.2, 0) is 9.47 Å². The Kier molecular flexibility index (Phi) is 6.85. The lowest BCUT2D eigenvalue weighted by Crippen LogP contribution is -2.10. The van der Waals surface area contributed by atoms with E-state index in [-0.39, 0.29) is 5.97 Å². The molecule has 130 valence electrons. The largest absolute Gasteiger partial charge is 0.462 e. The molecule has 1 aromatic heterocycles. The van der Waals surface area contributed by atoms with Gasteiger partial charge in [-0.3, -0.25) is 4.57 Å². The maximum absolute atomic E-state index is 12.1. The van der Waals surface area contributed by atoms with Gasteiger partial charge in [0, 0.05) is 11.6 Å². The molecular formula is C19H25NO4. The van der Waals surface area contributed by atoms with E-state index in [1.54, 1.807) is 30.5 Å². The molecule has 0 radical (unpaired) electrons. The number of unbranched alkanes of at least 4 members (excludes halogenated alkanes) is 5. The second-order valence-electron chi connectivity index (χ2n) is 5.83. The van der Waals surface area contributed by atoms with Crippen molar-refractivity contribution in [1.29, 1.82) is 0 Å². The molecule has 2 aromatic rings. The summed E-state index contributed by atoms with van der Waals surface area (Å²) in [5.41, 5.74) is 1.08. The molecule has 0 spiro atoms. The van der Waals surface area contributed by atoms with Crippen molar-refractivity contribution in [1.82, 2.24) is 4.57 Å². The first-order valence-corrected chi connectivity index (χ1v) is 8.54. The van der Waals surface area contributed by atoms with Crippen LogP contribution in [0.1, 0.15) is 55.8 Å². The van der Waals surface area contributed by atoms with Crippen molar-refractivity contribution < 1.29 is 19.1 Å².